The van der Waals surface area contributed by atoms with Crippen molar-refractivity contribution in [2.45, 2.75) is 57.8 Å². The molecule has 0 bridgehead atoms. The van der Waals surface area contributed by atoms with Gasteiger partial charge in [-0.3, -0.25) is 0 Å². The zero-order valence-electron chi connectivity index (χ0n) is 34.9. The van der Waals surface area contributed by atoms with E-state index in [-0.39, 0.29) is 10.8 Å². The lowest BCUT2D eigenvalue weighted by atomic mass is 9.65. The van der Waals surface area contributed by atoms with Crippen molar-refractivity contribution in [1.82, 2.24) is 9.13 Å². The second kappa shape index (κ2) is 13.7. The van der Waals surface area contributed by atoms with Gasteiger partial charge in [-0.1, -0.05) is 175 Å². The van der Waals surface area contributed by atoms with Gasteiger partial charge in [-0.2, -0.15) is 0 Å². The molecule has 10 rings (SSSR count). The first kappa shape index (κ1) is 36.7. The summed E-state index contributed by atoms with van der Waals surface area (Å²) in [4.78, 5) is 0. The lowest BCUT2D eigenvalue weighted by Gasteiger charge is -2.37. The molecule has 0 radical (unpaired) electrons. The van der Waals surface area contributed by atoms with Gasteiger partial charge in [0.1, 0.15) is 0 Å². The molecule has 10 aromatic rings. The van der Waals surface area contributed by atoms with Crippen LogP contribution in [0.5, 0.6) is 0 Å². The third kappa shape index (κ3) is 5.92. The maximum Gasteiger partial charge on any atom is 0.0702 e. The Bertz CT molecular complexity index is 2980. The van der Waals surface area contributed by atoms with Gasteiger partial charge < -0.3 is 9.13 Å². The summed E-state index contributed by atoms with van der Waals surface area (Å²) < 4.78 is 4.93. The van der Waals surface area contributed by atoms with E-state index in [0.29, 0.717) is 0 Å². The number of para-hydroxylation sites is 1. The molecule has 0 saturated heterocycles. The van der Waals surface area contributed by atoms with Crippen LogP contribution in [0.1, 0.15) is 74.9 Å². The Kier molecular flexibility index (Phi) is 8.54. The minimum absolute atomic E-state index is 0.0469. The Labute approximate surface area is 348 Å². The quantitative estimate of drug-likeness (QED) is 0.149. The third-order valence-corrected chi connectivity index (χ3v) is 12.6. The number of fused-ring (bicyclic) bond motifs is 6. The lowest BCUT2D eigenvalue weighted by molar-refractivity contribution is 0.590. The van der Waals surface area contributed by atoms with Gasteiger partial charge in [0, 0.05) is 32.9 Å². The summed E-state index contributed by atoms with van der Waals surface area (Å²) in [6.45, 7) is 13.8. The van der Waals surface area contributed by atoms with Crippen molar-refractivity contribution < 1.29 is 0 Å². The molecule has 8 aromatic carbocycles. The molecule has 0 aliphatic rings. The Morgan fingerprint density at radius 3 is 1.15 bits per heavy atom. The maximum absolute atomic E-state index is 2.48. The van der Waals surface area contributed by atoms with Gasteiger partial charge in [-0.05, 0) is 105 Å². The molecule has 2 heterocycles. The summed E-state index contributed by atoms with van der Waals surface area (Å²) in [5.41, 5.74) is 14.3. The summed E-state index contributed by atoms with van der Waals surface area (Å²) in [5.74, 6) is 0. The van der Waals surface area contributed by atoms with Gasteiger partial charge in [0.05, 0.1) is 27.5 Å². The smallest absolute Gasteiger partial charge is 0.0702 e. The van der Waals surface area contributed by atoms with E-state index in [1.807, 2.05) is 0 Å². The molecule has 2 heteroatoms. The van der Waals surface area contributed by atoms with E-state index in [4.69, 9.17) is 0 Å². The van der Waals surface area contributed by atoms with Gasteiger partial charge in [0.25, 0.3) is 0 Å². The van der Waals surface area contributed by atoms with Crippen molar-refractivity contribution in [2.75, 3.05) is 0 Å². The molecule has 0 atom stereocenters. The fourth-order valence-electron chi connectivity index (χ4n) is 9.56. The molecule has 2 nitrogen and oxygen atoms in total. The number of rotatable bonds is 6. The van der Waals surface area contributed by atoms with Crippen LogP contribution >= 0.6 is 0 Å². The highest BCUT2D eigenvalue weighted by molar-refractivity contribution is 6.12. The highest BCUT2D eigenvalue weighted by Crippen LogP contribution is 2.46. The summed E-state index contributed by atoms with van der Waals surface area (Å²) in [7, 11) is 0. The highest BCUT2D eigenvalue weighted by atomic mass is 15.0. The minimum atomic E-state index is -0.540. The van der Waals surface area contributed by atoms with Gasteiger partial charge >= 0.3 is 0 Å². The number of nitrogens with zero attached hydrogens (tertiary/aromatic N) is 2. The second-order valence-electron chi connectivity index (χ2n) is 18.3. The topological polar surface area (TPSA) is 9.86 Å². The first-order valence-electron chi connectivity index (χ1n) is 20.9. The number of hydrogen-bond acceptors (Lipinski definition) is 0. The van der Waals surface area contributed by atoms with Crippen LogP contribution in [0.25, 0.3) is 55.0 Å². The van der Waals surface area contributed by atoms with Crippen molar-refractivity contribution in [2.24, 2.45) is 0 Å². The first-order valence-corrected chi connectivity index (χ1v) is 20.9. The van der Waals surface area contributed by atoms with E-state index in [9.17, 15) is 0 Å². The predicted molar refractivity (Wildman–Crippen MR) is 251 cm³/mol. The Hall–Kier alpha value is -6.64. The zero-order valence-corrected chi connectivity index (χ0v) is 34.9. The Balaban J connectivity index is 1.21. The molecule has 0 N–H and O–H groups in total. The van der Waals surface area contributed by atoms with E-state index < -0.39 is 5.41 Å². The molecule has 59 heavy (non-hydrogen) atoms. The number of benzene rings is 8. The van der Waals surface area contributed by atoms with Crippen LogP contribution in [0, 0.1) is 0 Å². The molecule has 2 aromatic heterocycles. The molecule has 0 amide bonds. The van der Waals surface area contributed by atoms with Crippen LogP contribution in [0.15, 0.2) is 194 Å². The zero-order chi connectivity index (χ0) is 40.5. The fourth-order valence-corrected chi connectivity index (χ4v) is 9.56. The van der Waals surface area contributed by atoms with Crippen LogP contribution < -0.4 is 0 Å². The monoisotopic (exact) mass is 762 g/mol. The number of hydrogen-bond donors (Lipinski definition) is 0. The highest BCUT2D eigenvalue weighted by Gasteiger charge is 2.38. The van der Waals surface area contributed by atoms with Crippen LogP contribution in [0.3, 0.4) is 0 Å². The van der Waals surface area contributed by atoms with Crippen molar-refractivity contribution >= 4 is 43.6 Å². The van der Waals surface area contributed by atoms with E-state index in [2.05, 4.69) is 245 Å². The van der Waals surface area contributed by atoms with Crippen LogP contribution in [0.4, 0.5) is 0 Å². The Morgan fingerprint density at radius 1 is 0.271 bits per heavy atom. The second-order valence-corrected chi connectivity index (χ2v) is 18.3. The molecule has 0 unspecified atom stereocenters. The largest absolute Gasteiger partial charge is 0.309 e. The van der Waals surface area contributed by atoms with Crippen LogP contribution in [0.2, 0.25) is 0 Å². The van der Waals surface area contributed by atoms with E-state index >= 15 is 0 Å². The number of aromatic nitrogens is 2. The average Bonchev–Trinajstić information content (AvgIpc) is 3.76. The van der Waals surface area contributed by atoms with Crippen molar-refractivity contribution in [3.63, 3.8) is 0 Å². The first-order chi connectivity index (χ1) is 28.5. The molecule has 0 aliphatic carbocycles. The summed E-state index contributed by atoms with van der Waals surface area (Å²) in [5, 5.41) is 5.07. The molecular weight excluding hydrogens is 713 g/mol. The normalized spacial score (nSPS) is 12.6. The molecule has 0 fully saturated rings. The van der Waals surface area contributed by atoms with E-state index in [0.717, 1.165) is 11.4 Å². The van der Waals surface area contributed by atoms with E-state index in [1.165, 1.54) is 77.0 Å². The van der Waals surface area contributed by atoms with Crippen molar-refractivity contribution in [3.8, 4) is 11.4 Å². The van der Waals surface area contributed by atoms with Gasteiger partial charge in [-0.25, -0.2) is 0 Å². The Morgan fingerprint density at radius 2 is 0.661 bits per heavy atom. The van der Waals surface area contributed by atoms with Crippen LogP contribution in [-0.2, 0) is 16.2 Å². The lowest BCUT2D eigenvalue weighted by Crippen LogP contribution is -2.31. The third-order valence-electron chi connectivity index (χ3n) is 12.6. The molecule has 288 valence electrons. The van der Waals surface area contributed by atoms with Gasteiger partial charge in [-0.15, -0.1) is 0 Å². The van der Waals surface area contributed by atoms with Gasteiger partial charge in [0.2, 0.25) is 0 Å². The minimum Gasteiger partial charge on any atom is -0.309 e. The summed E-state index contributed by atoms with van der Waals surface area (Å²) in [6, 6.07) is 72.3. The predicted octanol–water partition coefficient (Wildman–Crippen LogP) is 14.9. The fraction of sp³-hybridized carbons (Fsp3) is 0.158. The van der Waals surface area contributed by atoms with Gasteiger partial charge in [0.15, 0.2) is 0 Å². The summed E-state index contributed by atoms with van der Waals surface area (Å²) in [6.07, 6.45) is 0. The van der Waals surface area contributed by atoms with Crippen molar-refractivity contribution in [1.29, 1.82) is 0 Å². The average molecular weight is 763 g/mol. The van der Waals surface area contributed by atoms with Crippen LogP contribution in [-0.4, -0.2) is 9.13 Å². The standard InChI is InChI=1S/C57H50N2/c1-55(2,3)42-29-32-52-48(36-42)49-37-43(56(4,5)6)30-33-53(49)59(52)46-31-34-54-50(38-46)47-27-16-17-28-51(47)58(54)45-26-18-25-44(35-45)57(39-19-10-7-11-20-39,40-21-12-8-13-22-40)41-23-14-9-15-24-41/h7-38H,1-6H3. The molecule has 0 spiro atoms. The van der Waals surface area contributed by atoms with Crippen molar-refractivity contribution in [3.05, 3.63) is 228 Å². The van der Waals surface area contributed by atoms with E-state index in [1.54, 1.807) is 0 Å². The molecule has 0 aliphatic heterocycles. The SMILES string of the molecule is CC(C)(C)c1ccc2c(c1)c1cc(C(C)(C)C)ccc1n2-c1ccc2c(c1)c1ccccc1n2-c1cccc(C(c2ccccc2)(c2ccccc2)c2ccccc2)c1. The maximum atomic E-state index is 2.48. The molecular formula is C57H50N2. The summed E-state index contributed by atoms with van der Waals surface area (Å²) >= 11 is 0. The molecule has 0 saturated carbocycles.